The van der Waals surface area contributed by atoms with E-state index in [1.54, 1.807) is 6.07 Å². The smallest absolute Gasteiger partial charge is 0.348 e. The number of ether oxygens (including phenoxy) is 1. The molecule has 0 aliphatic carbocycles. The van der Waals surface area contributed by atoms with E-state index in [1.165, 1.54) is 30.3 Å². The molecule has 0 saturated heterocycles. The number of hydrogen-bond acceptors (Lipinski definition) is 7. The summed E-state index contributed by atoms with van der Waals surface area (Å²) in [4.78, 5) is 32.0. The van der Waals surface area contributed by atoms with Crippen LogP contribution >= 0.6 is 11.3 Å². The molecule has 8 nitrogen and oxygen atoms in total. The first kappa shape index (κ1) is 14.6. The first-order valence-corrected chi connectivity index (χ1v) is 6.44. The van der Waals surface area contributed by atoms with Gasteiger partial charge in [0.2, 0.25) is 0 Å². The number of nitrogens with zero attached hydrogens (tertiary/aromatic N) is 2. The normalized spacial score (nSPS) is 10.1. The summed E-state index contributed by atoms with van der Waals surface area (Å²) in [7, 11) is 0. The van der Waals surface area contributed by atoms with Gasteiger partial charge in [-0.05, 0) is 12.1 Å². The fourth-order valence-electron chi connectivity index (χ4n) is 1.56. The van der Waals surface area contributed by atoms with Crippen LogP contribution in [0, 0.1) is 20.2 Å². The highest BCUT2D eigenvalue weighted by molar-refractivity contribution is 7.17. The van der Waals surface area contributed by atoms with E-state index in [1.807, 2.05) is 0 Å². The highest BCUT2D eigenvalue weighted by Crippen LogP contribution is 2.25. The van der Waals surface area contributed by atoms with E-state index >= 15 is 0 Å². The molecule has 0 unspecified atom stereocenters. The lowest BCUT2D eigenvalue weighted by molar-refractivity contribution is -0.385. The minimum atomic E-state index is -0.758. The highest BCUT2D eigenvalue weighted by atomic mass is 32.1. The van der Waals surface area contributed by atoms with E-state index in [2.05, 4.69) is 0 Å². The molecule has 0 amide bonds. The number of rotatable bonds is 5. The maximum atomic E-state index is 11.7. The summed E-state index contributed by atoms with van der Waals surface area (Å²) in [6.07, 6.45) is 0. The maximum Gasteiger partial charge on any atom is 0.348 e. The van der Waals surface area contributed by atoms with Gasteiger partial charge in [-0.15, -0.1) is 0 Å². The van der Waals surface area contributed by atoms with E-state index in [9.17, 15) is 25.0 Å². The molecule has 2 aromatic rings. The molecule has 0 saturated carbocycles. The predicted octanol–water partition coefficient (Wildman–Crippen LogP) is 2.92. The van der Waals surface area contributed by atoms with Crippen LogP contribution in [-0.2, 0) is 11.3 Å². The largest absolute Gasteiger partial charge is 0.456 e. The number of carbonyl (C=O) groups excluding carboxylic acids is 1. The zero-order chi connectivity index (χ0) is 15.4. The van der Waals surface area contributed by atoms with Crippen LogP contribution in [0.1, 0.15) is 15.2 Å². The van der Waals surface area contributed by atoms with Crippen molar-refractivity contribution in [1.29, 1.82) is 0 Å². The minimum absolute atomic E-state index is 0.0697. The van der Waals surface area contributed by atoms with Crippen molar-refractivity contribution in [3.63, 3.8) is 0 Å². The third kappa shape index (κ3) is 3.39. The van der Waals surface area contributed by atoms with Crippen molar-refractivity contribution in [2.75, 3.05) is 0 Å². The molecule has 0 radical (unpaired) electrons. The van der Waals surface area contributed by atoms with Crippen LogP contribution in [0.4, 0.5) is 10.7 Å². The van der Waals surface area contributed by atoms with Crippen LogP contribution in [0.25, 0.3) is 0 Å². The molecule has 1 heterocycles. The van der Waals surface area contributed by atoms with Gasteiger partial charge in [-0.1, -0.05) is 23.5 Å². The summed E-state index contributed by atoms with van der Waals surface area (Å²) >= 11 is 0.687. The average molecular weight is 308 g/mol. The number of thiophene rings is 1. The zero-order valence-electron chi connectivity index (χ0n) is 10.4. The molecule has 21 heavy (non-hydrogen) atoms. The highest BCUT2D eigenvalue weighted by Gasteiger charge is 2.18. The molecule has 0 aliphatic rings. The molecule has 108 valence electrons. The van der Waals surface area contributed by atoms with Gasteiger partial charge < -0.3 is 4.74 Å². The van der Waals surface area contributed by atoms with Crippen LogP contribution in [0.2, 0.25) is 0 Å². The SMILES string of the molecule is O=C(OCc1ccccc1[N+](=O)[O-])c1ccc([N+](=O)[O-])s1. The van der Waals surface area contributed by atoms with Gasteiger partial charge in [0.15, 0.2) is 0 Å². The molecule has 1 aromatic carbocycles. The van der Waals surface area contributed by atoms with Crippen molar-refractivity contribution < 1.29 is 19.4 Å². The Morgan fingerprint density at radius 2 is 1.81 bits per heavy atom. The second kappa shape index (κ2) is 6.09. The van der Waals surface area contributed by atoms with Gasteiger partial charge in [-0.25, -0.2) is 4.79 Å². The lowest BCUT2D eigenvalue weighted by Gasteiger charge is -2.03. The van der Waals surface area contributed by atoms with Gasteiger partial charge in [0, 0.05) is 12.1 Å². The lowest BCUT2D eigenvalue weighted by Crippen LogP contribution is -2.05. The molecular weight excluding hydrogens is 300 g/mol. The van der Waals surface area contributed by atoms with E-state index in [4.69, 9.17) is 4.74 Å². The van der Waals surface area contributed by atoms with Crippen molar-refractivity contribution >= 4 is 28.0 Å². The van der Waals surface area contributed by atoms with Gasteiger partial charge in [0.1, 0.15) is 11.5 Å². The van der Waals surface area contributed by atoms with E-state index < -0.39 is 15.8 Å². The van der Waals surface area contributed by atoms with Crippen molar-refractivity contribution in [1.82, 2.24) is 0 Å². The van der Waals surface area contributed by atoms with Crippen LogP contribution in [-0.4, -0.2) is 15.8 Å². The number of para-hydroxylation sites is 1. The zero-order valence-corrected chi connectivity index (χ0v) is 11.2. The summed E-state index contributed by atoms with van der Waals surface area (Å²) in [6.45, 7) is -0.276. The van der Waals surface area contributed by atoms with Gasteiger partial charge in [-0.3, -0.25) is 20.2 Å². The lowest BCUT2D eigenvalue weighted by atomic mass is 10.2. The summed E-state index contributed by atoms with van der Waals surface area (Å²) in [5, 5.41) is 21.2. The summed E-state index contributed by atoms with van der Waals surface area (Å²) in [6, 6.07) is 8.36. The summed E-state index contributed by atoms with van der Waals surface area (Å²) in [5.41, 5.74) is 0.101. The second-order valence-corrected chi connectivity index (χ2v) is 4.92. The third-order valence-corrected chi connectivity index (χ3v) is 3.54. The predicted molar refractivity (Wildman–Crippen MR) is 73.2 cm³/mol. The Morgan fingerprint density at radius 1 is 1.10 bits per heavy atom. The van der Waals surface area contributed by atoms with Crippen LogP contribution < -0.4 is 0 Å². The molecule has 0 atom stereocenters. The topological polar surface area (TPSA) is 113 Å². The van der Waals surface area contributed by atoms with Crippen LogP contribution in [0.3, 0.4) is 0 Å². The number of hydrogen-bond donors (Lipinski definition) is 0. The Balaban J connectivity index is 2.07. The number of nitro groups is 2. The molecule has 0 spiro atoms. The Labute approximate surface area is 121 Å². The maximum absolute atomic E-state index is 11.7. The summed E-state index contributed by atoms with van der Waals surface area (Å²) in [5.74, 6) is -0.758. The number of carbonyl (C=O) groups is 1. The Hall–Kier alpha value is -2.81. The Morgan fingerprint density at radius 3 is 2.43 bits per heavy atom. The van der Waals surface area contributed by atoms with E-state index in [-0.39, 0.29) is 27.7 Å². The van der Waals surface area contributed by atoms with Crippen molar-refractivity contribution in [3.05, 3.63) is 67.1 Å². The number of benzene rings is 1. The third-order valence-electron chi connectivity index (χ3n) is 2.52. The molecule has 0 N–H and O–H groups in total. The van der Waals surface area contributed by atoms with Gasteiger partial charge in [0.05, 0.1) is 15.4 Å². The Kier molecular flexibility index (Phi) is 4.24. The number of esters is 1. The first-order chi connectivity index (χ1) is 9.99. The molecule has 9 heteroatoms. The van der Waals surface area contributed by atoms with Gasteiger partial charge >= 0.3 is 11.0 Å². The van der Waals surface area contributed by atoms with Crippen LogP contribution in [0.15, 0.2) is 36.4 Å². The van der Waals surface area contributed by atoms with Gasteiger partial charge in [0.25, 0.3) is 5.69 Å². The van der Waals surface area contributed by atoms with Crippen molar-refractivity contribution in [2.24, 2.45) is 0 Å². The van der Waals surface area contributed by atoms with E-state index in [0.29, 0.717) is 11.3 Å². The molecular formula is C12H8N2O6S. The molecule has 0 fully saturated rings. The Bertz CT molecular complexity index is 711. The quantitative estimate of drug-likeness (QED) is 0.476. The average Bonchev–Trinajstić information content (AvgIpc) is 2.95. The fraction of sp³-hybridized carbons (Fsp3) is 0.0833. The van der Waals surface area contributed by atoms with Crippen LogP contribution in [0.5, 0.6) is 0 Å². The summed E-state index contributed by atoms with van der Waals surface area (Å²) < 4.78 is 4.94. The molecule has 0 bridgehead atoms. The van der Waals surface area contributed by atoms with E-state index in [0.717, 1.165) is 0 Å². The minimum Gasteiger partial charge on any atom is -0.456 e. The molecule has 1 aromatic heterocycles. The molecule has 0 aliphatic heterocycles. The fourth-order valence-corrected chi connectivity index (χ4v) is 2.28. The second-order valence-electron chi connectivity index (χ2n) is 3.86. The van der Waals surface area contributed by atoms with Crippen molar-refractivity contribution in [2.45, 2.75) is 6.61 Å². The standard InChI is InChI=1S/C12H8N2O6S/c15-12(10-5-6-11(21-10)14(18)19)20-7-8-3-1-2-4-9(8)13(16)17/h1-6H,7H2. The van der Waals surface area contributed by atoms with Crippen molar-refractivity contribution in [3.8, 4) is 0 Å². The number of nitro benzene ring substituents is 1. The molecule has 2 rings (SSSR count). The first-order valence-electron chi connectivity index (χ1n) is 5.62. The monoisotopic (exact) mass is 308 g/mol. The van der Waals surface area contributed by atoms with Gasteiger partial charge in [-0.2, -0.15) is 0 Å².